The van der Waals surface area contributed by atoms with E-state index in [-0.39, 0.29) is 0 Å². The van der Waals surface area contributed by atoms with Crippen molar-refractivity contribution in [1.82, 2.24) is 24.9 Å². The van der Waals surface area contributed by atoms with E-state index in [1.54, 1.807) is 0 Å². The standard InChI is InChI=1S/C22H34N6/c1-23-22(26(2)16-19-14-25-27(3)17-19)24-15-20-10-6-7-11-21(20)18-28-12-8-4-5-9-13-28/h6-7,10-11,14,17H,4-5,8-9,12-13,15-16,18H2,1-3H3,(H,23,24). The van der Waals surface area contributed by atoms with Crippen molar-refractivity contribution >= 4 is 5.96 Å². The lowest BCUT2D eigenvalue weighted by Gasteiger charge is -2.24. The smallest absolute Gasteiger partial charge is 0.193 e. The van der Waals surface area contributed by atoms with E-state index in [1.165, 1.54) is 55.5 Å². The van der Waals surface area contributed by atoms with Crippen LogP contribution in [0, 0.1) is 0 Å². The Morgan fingerprint density at radius 3 is 2.50 bits per heavy atom. The minimum Gasteiger partial charge on any atom is -0.352 e. The molecule has 28 heavy (non-hydrogen) atoms. The Bertz CT molecular complexity index is 758. The van der Waals surface area contributed by atoms with Gasteiger partial charge in [0, 0.05) is 52.5 Å². The van der Waals surface area contributed by atoms with Gasteiger partial charge in [-0.05, 0) is 37.1 Å². The number of likely N-dealkylation sites (tertiary alicyclic amines) is 1. The number of nitrogens with zero attached hydrogens (tertiary/aromatic N) is 5. The van der Waals surface area contributed by atoms with Crippen LogP contribution >= 0.6 is 0 Å². The molecule has 1 saturated heterocycles. The van der Waals surface area contributed by atoms with Crippen molar-refractivity contribution in [2.45, 2.75) is 45.3 Å². The third-order valence-corrected chi connectivity index (χ3v) is 5.40. The number of hydrogen-bond acceptors (Lipinski definition) is 3. The average molecular weight is 383 g/mol. The van der Waals surface area contributed by atoms with Gasteiger partial charge in [0.05, 0.1) is 6.20 Å². The van der Waals surface area contributed by atoms with Gasteiger partial charge in [0.15, 0.2) is 5.96 Å². The number of hydrogen-bond donors (Lipinski definition) is 1. The molecule has 0 aliphatic carbocycles. The second-order valence-corrected chi connectivity index (χ2v) is 7.74. The molecule has 152 valence electrons. The zero-order valence-corrected chi connectivity index (χ0v) is 17.6. The first-order chi connectivity index (χ1) is 13.7. The van der Waals surface area contributed by atoms with E-state index in [4.69, 9.17) is 0 Å². The first-order valence-corrected chi connectivity index (χ1v) is 10.3. The summed E-state index contributed by atoms with van der Waals surface area (Å²) in [6, 6.07) is 8.78. The highest BCUT2D eigenvalue weighted by atomic mass is 15.3. The molecule has 0 saturated carbocycles. The first-order valence-electron chi connectivity index (χ1n) is 10.3. The molecule has 6 heteroatoms. The Morgan fingerprint density at radius 2 is 1.86 bits per heavy atom. The number of aromatic nitrogens is 2. The third kappa shape index (κ3) is 5.83. The number of benzene rings is 1. The molecule has 0 amide bonds. The molecule has 0 spiro atoms. The summed E-state index contributed by atoms with van der Waals surface area (Å²) in [4.78, 5) is 9.20. The number of aliphatic imine (C=N–C) groups is 1. The molecule has 1 aromatic carbocycles. The van der Waals surface area contributed by atoms with E-state index in [1.807, 2.05) is 31.2 Å². The van der Waals surface area contributed by atoms with E-state index in [9.17, 15) is 0 Å². The van der Waals surface area contributed by atoms with Crippen LogP contribution in [0.15, 0.2) is 41.7 Å². The maximum atomic E-state index is 4.46. The SMILES string of the molecule is CN=C(NCc1ccccc1CN1CCCCCC1)N(C)Cc1cnn(C)c1. The quantitative estimate of drug-likeness (QED) is 0.616. The van der Waals surface area contributed by atoms with Crippen LogP contribution in [0.2, 0.25) is 0 Å². The van der Waals surface area contributed by atoms with Gasteiger partial charge in [-0.3, -0.25) is 14.6 Å². The van der Waals surface area contributed by atoms with Gasteiger partial charge in [0.25, 0.3) is 0 Å². The summed E-state index contributed by atoms with van der Waals surface area (Å²) in [5.74, 6) is 0.897. The van der Waals surface area contributed by atoms with Gasteiger partial charge in [-0.25, -0.2) is 0 Å². The number of rotatable bonds is 6. The number of guanidine groups is 1. The normalized spacial score (nSPS) is 16.0. The minimum absolute atomic E-state index is 0.781. The Morgan fingerprint density at radius 1 is 1.14 bits per heavy atom. The topological polar surface area (TPSA) is 48.7 Å². The Hall–Kier alpha value is -2.34. The lowest BCUT2D eigenvalue weighted by molar-refractivity contribution is 0.276. The van der Waals surface area contributed by atoms with Crippen molar-refractivity contribution in [2.75, 3.05) is 27.2 Å². The van der Waals surface area contributed by atoms with E-state index >= 15 is 0 Å². The fourth-order valence-electron chi connectivity index (χ4n) is 3.88. The Kier molecular flexibility index (Phi) is 7.48. The summed E-state index contributed by atoms with van der Waals surface area (Å²) < 4.78 is 1.83. The van der Waals surface area contributed by atoms with Gasteiger partial charge >= 0.3 is 0 Å². The lowest BCUT2D eigenvalue weighted by atomic mass is 10.1. The van der Waals surface area contributed by atoms with Gasteiger partial charge in [-0.2, -0.15) is 5.10 Å². The molecule has 3 rings (SSSR count). The fourth-order valence-corrected chi connectivity index (χ4v) is 3.88. The molecule has 0 unspecified atom stereocenters. The predicted molar refractivity (Wildman–Crippen MR) is 115 cm³/mol. The highest BCUT2D eigenvalue weighted by Gasteiger charge is 2.13. The highest BCUT2D eigenvalue weighted by molar-refractivity contribution is 5.79. The maximum absolute atomic E-state index is 4.46. The molecule has 0 atom stereocenters. The van der Waals surface area contributed by atoms with E-state index in [0.29, 0.717) is 0 Å². The monoisotopic (exact) mass is 382 g/mol. The third-order valence-electron chi connectivity index (χ3n) is 5.40. The van der Waals surface area contributed by atoms with Crippen molar-refractivity contribution < 1.29 is 0 Å². The largest absolute Gasteiger partial charge is 0.352 e. The van der Waals surface area contributed by atoms with Crippen LogP contribution in [0.4, 0.5) is 0 Å². The molecular weight excluding hydrogens is 348 g/mol. The van der Waals surface area contributed by atoms with Gasteiger partial charge in [0.1, 0.15) is 0 Å². The van der Waals surface area contributed by atoms with Crippen molar-refractivity contribution in [3.63, 3.8) is 0 Å². The second-order valence-electron chi connectivity index (χ2n) is 7.74. The van der Waals surface area contributed by atoms with Crippen LogP contribution in [0.3, 0.4) is 0 Å². The molecule has 2 heterocycles. The summed E-state index contributed by atoms with van der Waals surface area (Å²) in [5, 5.41) is 7.78. The lowest BCUT2D eigenvalue weighted by Crippen LogP contribution is -2.38. The van der Waals surface area contributed by atoms with Gasteiger partial charge in [0.2, 0.25) is 0 Å². The summed E-state index contributed by atoms with van der Waals surface area (Å²) in [6.45, 7) is 5.05. The van der Waals surface area contributed by atoms with Crippen LogP contribution in [0.1, 0.15) is 42.4 Å². The molecule has 2 aromatic rings. The average Bonchev–Trinajstić information content (AvgIpc) is 2.93. The van der Waals surface area contributed by atoms with Crippen LogP contribution < -0.4 is 5.32 Å². The van der Waals surface area contributed by atoms with E-state index < -0.39 is 0 Å². The zero-order valence-electron chi connectivity index (χ0n) is 17.6. The van der Waals surface area contributed by atoms with Crippen molar-refractivity contribution in [3.05, 3.63) is 53.3 Å². The van der Waals surface area contributed by atoms with E-state index in [0.717, 1.165) is 25.6 Å². The van der Waals surface area contributed by atoms with Gasteiger partial charge in [-0.1, -0.05) is 37.1 Å². The summed E-state index contributed by atoms with van der Waals surface area (Å²) in [7, 11) is 5.84. The zero-order chi connectivity index (χ0) is 19.8. The highest BCUT2D eigenvalue weighted by Crippen LogP contribution is 2.16. The van der Waals surface area contributed by atoms with Crippen LogP contribution in [0.25, 0.3) is 0 Å². The molecule has 1 N–H and O–H groups in total. The number of nitrogens with one attached hydrogen (secondary N) is 1. The summed E-state index contributed by atoms with van der Waals surface area (Å²) in [5.41, 5.74) is 3.94. The van der Waals surface area contributed by atoms with Crippen molar-refractivity contribution in [2.24, 2.45) is 12.0 Å². The Labute approximate surface area is 169 Å². The predicted octanol–water partition coefficient (Wildman–Crippen LogP) is 3.00. The molecule has 0 radical (unpaired) electrons. The molecule has 6 nitrogen and oxygen atoms in total. The molecule has 1 aliphatic rings. The maximum Gasteiger partial charge on any atom is 0.193 e. The van der Waals surface area contributed by atoms with E-state index in [2.05, 4.69) is 56.5 Å². The molecule has 1 aromatic heterocycles. The Balaban J connectivity index is 1.59. The summed E-state index contributed by atoms with van der Waals surface area (Å²) in [6.07, 6.45) is 9.34. The van der Waals surface area contributed by atoms with Gasteiger partial charge < -0.3 is 10.2 Å². The van der Waals surface area contributed by atoms with Crippen LogP contribution in [-0.2, 0) is 26.7 Å². The molecule has 1 fully saturated rings. The van der Waals surface area contributed by atoms with Crippen molar-refractivity contribution in [3.8, 4) is 0 Å². The van der Waals surface area contributed by atoms with Crippen molar-refractivity contribution in [1.29, 1.82) is 0 Å². The van der Waals surface area contributed by atoms with Gasteiger partial charge in [-0.15, -0.1) is 0 Å². The fraction of sp³-hybridized carbons (Fsp3) is 0.545. The molecule has 1 aliphatic heterocycles. The first kappa shape index (κ1) is 20.4. The minimum atomic E-state index is 0.781. The summed E-state index contributed by atoms with van der Waals surface area (Å²) >= 11 is 0. The molecular formula is C22H34N6. The van der Waals surface area contributed by atoms with Crippen LogP contribution in [-0.4, -0.2) is 52.7 Å². The second kappa shape index (κ2) is 10.3. The van der Waals surface area contributed by atoms with Crippen LogP contribution in [0.5, 0.6) is 0 Å². The molecule has 0 bridgehead atoms. The number of aryl methyl sites for hydroxylation is 1.